The summed E-state index contributed by atoms with van der Waals surface area (Å²) in [6.45, 7) is 6.61. The minimum atomic E-state index is 0.849. The monoisotopic (exact) mass is 142 g/mol. The van der Waals surface area contributed by atoms with E-state index in [0.717, 1.165) is 25.0 Å². The average Bonchev–Trinajstić information content (AvgIpc) is 2.12. The topological polar surface area (TPSA) is 9.23 Å². The standard InChI is InChI=1S/C9H18O/c1-8(2)9-4-3-6-10-7-5-9/h8-9H,3-7H2,1-2H3/t9-/m1/s1. The summed E-state index contributed by atoms with van der Waals surface area (Å²) in [6.07, 6.45) is 3.91. The molecule has 0 unspecified atom stereocenters. The lowest BCUT2D eigenvalue weighted by Crippen LogP contribution is -2.08. The van der Waals surface area contributed by atoms with Gasteiger partial charge in [-0.1, -0.05) is 13.8 Å². The number of ether oxygens (including phenoxy) is 1. The number of hydrogen-bond donors (Lipinski definition) is 0. The molecule has 0 aromatic rings. The van der Waals surface area contributed by atoms with Crippen LogP contribution in [0.15, 0.2) is 0 Å². The fraction of sp³-hybridized carbons (Fsp3) is 1.00. The molecule has 0 radical (unpaired) electrons. The van der Waals surface area contributed by atoms with Crippen LogP contribution < -0.4 is 0 Å². The van der Waals surface area contributed by atoms with Gasteiger partial charge in [-0.2, -0.15) is 0 Å². The van der Waals surface area contributed by atoms with E-state index >= 15 is 0 Å². The van der Waals surface area contributed by atoms with Crippen molar-refractivity contribution in [3.05, 3.63) is 0 Å². The third kappa shape index (κ3) is 2.30. The Morgan fingerprint density at radius 2 is 2.00 bits per heavy atom. The molecular formula is C9H18O. The Hall–Kier alpha value is -0.0400. The predicted octanol–water partition coefficient (Wildman–Crippen LogP) is 2.46. The van der Waals surface area contributed by atoms with Crippen molar-refractivity contribution in [3.63, 3.8) is 0 Å². The molecule has 0 spiro atoms. The van der Waals surface area contributed by atoms with Crippen LogP contribution in [0.3, 0.4) is 0 Å². The SMILES string of the molecule is CC(C)[C@@H]1CCCOCC1. The van der Waals surface area contributed by atoms with Crippen LogP contribution in [-0.4, -0.2) is 13.2 Å². The van der Waals surface area contributed by atoms with Crippen LogP contribution in [0.1, 0.15) is 33.1 Å². The van der Waals surface area contributed by atoms with E-state index in [1.165, 1.54) is 19.3 Å². The summed E-state index contributed by atoms with van der Waals surface area (Å²) in [7, 11) is 0. The van der Waals surface area contributed by atoms with Crippen molar-refractivity contribution in [2.24, 2.45) is 11.8 Å². The molecule has 1 aliphatic rings. The highest BCUT2D eigenvalue weighted by molar-refractivity contribution is 4.65. The average molecular weight is 142 g/mol. The molecule has 0 aromatic heterocycles. The molecule has 1 atom stereocenters. The van der Waals surface area contributed by atoms with Crippen LogP contribution in [-0.2, 0) is 4.74 Å². The van der Waals surface area contributed by atoms with Crippen LogP contribution >= 0.6 is 0 Å². The van der Waals surface area contributed by atoms with Gasteiger partial charge in [-0.25, -0.2) is 0 Å². The fourth-order valence-corrected chi connectivity index (χ4v) is 1.60. The van der Waals surface area contributed by atoms with Gasteiger partial charge in [0.25, 0.3) is 0 Å². The zero-order valence-electron chi connectivity index (χ0n) is 7.10. The van der Waals surface area contributed by atoms with Crippen molar-refractivity contribution < 1.29 is 4.74 Å². The first-order chi connectivity index (χ1) is 4.80. The Morgan fingerprint density at radius 1 is 1.20 bits per heavy atom. The molecule has 1 aliphatic heterocycles. The van der Waals surface area contributed by atoms with E-state index in [-0.39, 0.29) is 0 Å². The van der Waals surface area contributed by atoms with Crippen LogP contribution in [0.25, 0.3) is 0 Å². The normalized spacial score (nSPS) is 28.5. The molecule has 1 rings (SSSR count). The minimum Gasteiger partial charge on any atom is -0.381 e. The molecular weight excluding hydrogens is 124 g/mol. The minimum absolute atomic E-state index is 0.849. The highest BCUT2D eigenvalue weighted by Crippen LogP contribution is 2.22. The van der Waals surface area contributed by atoms with Gasteiger partial charge in [-0.05, 0) is 31.1 Å². The Kier molecular flexibility index (Phi) is 3.20. The quantitative estimate of drug-likeness (QED) is 0.546. The van der Waals surface area contributed by atoms with E-state index in [4.69, 9.17) is 4.74 Å². The van der Waals surface area contributed by atoms with Crippen LogP contribution in [0.4, 0.5) is 0 Å². The zero-order chi connectivity index (χ0) is 7.40. The molecule has 10 heavy (non-hydrogen) atoms. The van der Waals surface area contributed by atoms with Gasteiger partial charge in [0.15, 0.2) is 0 Å². The van der Waals surface area contributed by atoms with Gasteiger partial charge in [-0.15, -0.1) is 0 Å². The molecule has 1 nitrogen and oxygen atoms in total. The molecule has 1 heteroatoms. The van der Waals surface area contributed by atoms with Gasteiger partial charge in [0.1, 0.15) is 0 Å². The highest BCUT2D eigenvalue weighted by atomic mass is 16.5. The lowest BCUT2D eigenvalue weighted by atomic mass is 9.89. The third-order valence-electron chi connectivity index (χ3n) is 2.44. The van der Waals surface area contributed by atoms with Crippen molar-refractivity contribution in [3.8, 4) is 0 Å². The molecule has 1 heterocycles. The first kappa shape index (κ1) is 8.06. The van der Waals surface area contributed by atoms with Gasteiger partial charge < -0.3 is 4.74 Å². The number of rotatable bonds is 1. The molecule has 0 aliphatic carbocycles. The summed E-state index contributed by atoms with van der Waals surface area (Å²) in [4.78, 5) is 0. The Balaban J connectivity index is 2.28. The van der Waals surface area contributed by atoms with E-state index in [1.807, 2.05) is 0 Å². The molecule has 0 aromatic carbocycles. The van der Waals surface area contributed by atoms with Gasteiger partial charge in [0.05, 0.1) is 0 Å². The van der Waals surface area contributed by atoms with E-state index in [1.54, 1.807) is 0 Å². The van der Waals surface area contributed by atoms with Crippen molar-refractivity contribution >= 4 is 0 Å². The summed E-state index contributed by atoms with van der Waals surface area (Å²) < 4.78 is 5.37. The summed E-state index contributed by atoms with van der Waals surface area (Å²) in [5, 5.41) is 0. The van der Waals surface area contributed by atoms with Crippen molar-refractivity contribution in [2.75, 3.05) is 13.2 Å². The first-order valence-corrected chi connectivity index (χ1v) is 4.38. The van der Waals surface area contributed by atoms with Crippen LogP contribution in [0.2, 0.25) is 0 Å². The van der Waals surface area contributed by atoms with Crippen molar-refractivity contribution in [2.45, 2.75) is 33.1 Å². The molecule has 1 fully saturated rings. The van der Waals surface area contributed by atoms with Gasteiger partial charge in [0.2, 0.25) is 0 Å². The maximum Gasteiger partial charge on any atom is 0.0468 e. The largest absolute Gasteiger partial charge is 0.381 e. The Bertz CT molecular complexity index is 80.7. The Morgan fingerprint density at radius 3 is 2.70 bits per heavy atom. The predicted molar refractivity (Wildman–Crippen MR) is 43.0 cm³/mol. The molecule has 0 bridgehead atoms. The maximum atomic E-state index is 5.37. The van der Waals surface area contributed by atoms with Crippen molar-refractivity contribution in [1.82, 2.24) is 0 Å². The first-order valence-electron chi connectivity index (χ1n) is 4.38. The van der Waals surface area contributed by atoms with Gasteiger partial charge >= 0.3 is 0 Å². The molecule has 0 N–H and O–H groups in total. The van der Waals surface area contributed by atoms with E-state index in [2.05, 4.69) is 13.8 Å². The van der Waals surface area contributed by atoms with Gasteiger partial charge in [0, 0.05) is 13.2 Å². The molecule has 1 saturated heterocycles. The van der Waals surface area contributed by atoms with E-state index in [9.17, 15) is 0 Å². The summed E-state index contributed by atoms with van der Waals surface area (Å²) >= 11 is 0. The molecule has 60 valence electrons. The summed E-state index contributed by atoms with van der Waals surface area (Å²) in [5.41, 5.74) is 0. The van der Waals surface area contributed by atoms with Gasteiger partial charge in [-0.3, -0.25) is 0 Å². The third-order valence-corrected chi connectivity index (χ3v) is 2.44. The van der Waals surface area contributed by atoms with Crippen molar-refractivity contribution in [1.29, 1.82) is 0 Å². The summed E-state index contributed by atoms with van der Waals surface area (Å²) in [5.74, 6) is 1.77. The van der Waals surface area contributed by atoms with E-state index < -0.39 is 0 Å². The van der Waals surface area contributed by atoms with Crippen LogP contribution in [0.5, 0.6) is 0 Å². The second kappa shape index (κ2) is 3.97. The van der Waals surface area contributed by atoms with E-state index in [0.29, 0.717) is 0 Å². The zero-order valence-corrected chi connectivity index (χ0v) is 7.10. The molecule has 0 saturated carbocycles. The lowest BCUT2D eigenvalue weighted by molar-refractivity contribution is 0.139. The van der Waals surface area contributed by atoms with Crippen LogP contribution in [0, 0.1) is 11.8 Å². The fourth-order valence-electron chi connectivity index (χ4n) is 1.60. The second-order valence-corrected chi connectivity index (χ2v) is 3.55. The molecule has 0 amide bonds. The smallest absolute Gasteiger partial charge is 0.0468 e. The lowest BCUT2D eigenvalue weighted by Gasteiger charge is -2.16. The highest BCUT2D eigenvalue weighted by Gasteiger charge is 2.14. The maximum absolute atomic E-state index is 5.37. The Labute approximate surface area is 63.8 Å². The summed E-state index contributed by atoms with van der Waals surface area (Å²) in [6, 6.07) is 0. The second-order valence-electron chi connectivity index (χ2n) is 3.55. The number of hydrogen-bond acceptors (Lipinski definition) is 1.